The van der Waals surface area contributed by atoms with E-state index in [-0.39, 0.29) is 0 Å². The van der Waals surface area contributed by atoms with Crippen LogP contribution in [-0.4, -0.2) is 39.2 Å². The van der Waals surface area contributed by atoms with Crippen LogP contribution in [0.5, 0.6) is 11.5 Å². The second kappa shape index (κ2) is 11.0. The number of rotatable bonds is 10. The molecule has 0 spiro atoms. The summed E-state index contributed by atoms with van der Waals surface area (Å²) >= 11 is 18.4. The van der Waals surface area contributed by atoms with Gasteiger partial charge in [-0.2, -0.15) is 0 Å². The first-order valence-corrected chi connectivity index (χ1v) is 9.82. The molecule has 1 N–H and O–H groups in total. The fraction of sp³-hybridized carbons (Fsp3) is 0.400. The zero-order chi connectivity index (χ0) is 19.8. The van der Waals surface area contributed by atoms with Crippen LogP contribution in [-0.2, 0) is 13.2 Å². The molecule has 0 bridgehead atoms. The topological polar surface area (TPSA) is 33.7 Å². The fourth-order valence-electron chi connectivity index (χ4n) is 2.52. The molecule has 0 amide bonds. The number of nitrogens with zero attached hydrogens (tertiary/aromatic N) is 1. The van der Waals surface area contributed by atoms with E-state index in [0.29, 0.717) is 39.7 Å². The average Bonchev–Trinajstić information content (AvgIpc) is 2.63. The Bertz CT molecular complexity index is 754. The predicted octanol–water partition coefficient (Wildman–Crippen LogP) is 5.28. The third-order valence-corrected chi connectivity index (χ3v) is 5.08. The molecule has 27 heavy (non-hydrogen) atoms. The van der Waals surface area contributed by atoms with E-state index in [0.717, 1.165) is 30.6 Å². The lowest BCUT2D eigenvalue weighted by Gasteiger charge is -2.15. The second-order valence-corrected chi connectivity index (χ2v) is 7.69. The highest BCUT2D eigenvalue weighted by molar-refractivity contribution is 6.42. The molecular formula is C20H25Cl3N2O2. The van der Waals surface area contributed by atoms with Gasteiger partial charge in [0, 0.05) is 17.6 Å². The van der Waals surface area contributed by atoms with Gasteiger partial charge in [0.25, 0.3) is 0 Å². The Morgan fingerprint density at radius 3 is 2.41 bits per heavy atom. The molecule has 2 aromatic rings. The van der Waals surface area contributed by atoms with Gasteiger partial charge in [0.2, 0.25) is 0 Å². The van der Waals surface area contributed by atoms with Crippen LogP contribution >= 0.6 is 34.8 Å². The van der Waals surface area contributed by atoms with Crippen molar-refractivity contribution in [2.24, 2.45) is 0 Å². The summed E-state index contributed by atoms with van der Waals surface area (Å²) in [7, 11) is 5.75. The summed E-state index contributed by atoms with van der Waals surface area (Å²) < 4.78 is 11.3. The zero-order valence-corrected chi connectivity index (χ0v) is 18.1. The maximum absolute atomic E-state index is 6.43. The van der Waals surface area contributed by atoms with Gasteiger partial charge in [0.05, 0.1) is 17.2 Å². The van der Waals surface area contributed by atoms with Crippen LogP contribution in [0.25, 0.3) is 0 Å². The fourth-order valence-corrected chi connectivity index (χ4v) is 3.06. The summed E-state index contributed by atoms with van der Waals surface area (Å²) in [5, 5.41) is 5.06. The van der Waals surface area contributed by atoms with E-state index < -0.39 is 0 Å². The smallest absolute Gasteiger partial charge is 0.163 e. The van der Waals surface area contributed by atoms with Crippen LogP contribution in [0, 0.1) is 0 Å². The predicted molar refractivity (Wildman–Crippen MR) is 114 cm³/mol. The SMILES string of the molecule is COc1cc(CNCCCN(C)C)c(Cl)cc1OCc1ccc(Cl)c(Cl)c1. The maximum Gasteiger partial charge on any atom is 0.163 e. The highest BCUT2D eigenvalue weighted by atomic mass is 35.5. The van der Waals surface area contributed by atoms with Gasteiger partial charge in [0.1, 0.15) is 6.61 Å². The Kier molecular flexibility index (Phi) is 9.00. The van der Waals surface area contributed by atoms with E-state index in [4.69, 9.17) is 44.3 Å². The Labute approximate surface area is 176 Å². The van der Waals surface area contributed by atoms with Gasteiger partial charge in [-0.25, -0.2) is 0 Å². The lowest BCUT2D eigenvalue weighted by molar-refractivity contribution is 0.284. The molecule has 0 aromatic heterocycles. The molecule has 0 aliphatic heterocycles. The first-order valence-electron chi connectivity index (χ1n) is 8.69. The van der Waals surface area contributed by atoms with Crippen molar-refractivity contribution in [1.29, 1.82) is 0 Å². The third kappa shape index (κ3) is 7.05. The Morgan fingerprint density at radius 1 is 0.963 bits per heavy atom. The van der Waals surface area contributed by atoms with Crippen LogP contribution in [0.4, 0.5) is 0 Å². The lowest BCUT2D eigenvalue weighted by Crippen LogP contribution is -2.21. The highest BCUT2D eigenvalue weighted by Gasteiger charge is 2.11. The first-order chi connectivity index (χ1) is 12.9. The molecular weight excluding hydrogens is 407 g/mol. The van der Waals surface area contributed by atoms with Gasteiger partial charge in [-0.05, 0) is 62.9 Å². The van der Waals surface area contributed by atoms with Gasteiger partial charge in [-0.3, -0.25) is 0 Å². The maximum atomic E-state index is 6.43. The first kappa shape index (κ1) is 22.1. The van der Waals surface area contributed by atoms with Crippen molar-refractivity contribution in [2.45, 2.75) is 19.6 Å². The summed E-state index contributed by atoms with van der Waals surface area (Å²) in [6.07, 6.45) is 1.08. The normalized spacial score (nSPS) is 11.1. The monoisotopic (exact) mass is 430 g/mol. The molecule has 0 saturated carbocycles. The molecule has 7 heteroatoms. The van der Waals surface area contributed by atoms with Crippen molar-refractivity contribution in [3.63, 3.8) is 0 Å². The second-order valence-electron chi connectivity index (χ2n) is 6.47. The van der Waals surface area contributed by atoms with Crippen LogP contribution in [0.1, 0.15) is 17.5 Å². The quantitative estimate of drug-likeness (QED) is 0.519. The van der Waals surface area contributed by atoms with Gasteiger partial charge in [-0.1, -0.05) is 40.9 Å². The van der Waals surface area contributed by atoms with E-state index in [9.17, 15) is 0 Å². The zero-order valence-electron chi connectivity index (χ0n) is 15.8. The Balaban J connectivity index is 1.98. The lowest BCUT2D eigenvalue weighted by atomic mass is 10.2. The van der Waals surface area contributed by atoms with E-state index in [1.165, 1.54) is 0 Å². The van der Waals surface area contributed by atoms with E-state index in [1.807, 2.05) is 12.1 Å². The van der Waals surface area contributed by atoms with Crippen LogP contribution in [0.3, 0.4) is 0 Å². The Morgan fingerprint density at radius 2 is 1.74 bits per heavy atom. The molecule has 0 heterocycles. The van der Waals surface area contributed by atoms with E-state index >= 15 is 0 Å². The summed E-state index contributed by atoms with van der Waals surface area (Å²) in [6.45, 7) is 2.99. The van der Waals surface area contributed by atoms with E-state index in [1.54, 1.807) is 25.3 Å². The molecule has 148 valence electrons. The number of benzene rings is 2. The standard InChI is InChI=1S/C20H25Cl3N2O2/c1-25(2)8-4-7-24-12-15-10-19(26-3)20(11-17(15)22)27-13-14-5-6-16(21)18(23)9-14/h5-6,9-11,24H,4,7-8,12-13H2,1-3H3. The molecule has 0 radical (unpaired) electrons. The van der Waals surface area contributed by atoms with E-state index in [2.05, 4.69) is 24.3 Å². The summed E-state index contributed by atoms with van der Waals surface area (Å²) in [4.78, 5) is 2.16. The highest BCUT2D eigenvalue weighted by Crippen LogP contribution is 2.34. The number of nitrogens with one attached hydrogen (secondary N) is 1. The largest absolute Gasteiger partial charge is 0.493 e. The molecule has 0 fully saturated rings. The molecule has 2 aromatic carbocycles. The van der Waals surface area contributed by atoms with Gasteiger partial charge in [-0.15, -0.1) is 0 Å². The van der Waals surface area contributed by atoms with Crippen molar-refractivity contribution in [3.8, 4) is 11.5 Å². The van der Waals surface area contributed by atoms with Crippen molar-refractivity contribution < 1.29 is 9.47 Å². The van der Waals surface area contributed by atoms with Gasteiger partial charge in [0.15, 0.2) is 11.5 Å². The number of methoxy groups -OCH3 is 1. The number of hydrogen-bond acceptors (Lipinski definition) is 4. The summed E-state index contributed by atoms with van der Waals surface area (Å²) in [5.41, 5.74) is 1.88. The van der Waals surface area contributed by atoms with Crippen LogP contribution in [0.15, 0.2) is 30.3 Å². The van der Waals surface area contributed by atoms with Crippen LogP contribution < -0.4 is 14.8 Å². The van der Waals surface area contributed by atoms with Crippen molar-refractivity contribution in [1.82, 2.24) is 10.2 Å². The molecule has 4 nitrogen and oxygen atoms in total. The molecule has 2 rings (SSSR count). The van der Waals surface area contributed by atoms with Crippen LogP contribution in [0.2, 0.25) is 15.1 Å². The van der Waals surface area contributed by atoms with Crippen molar-refractivity contribution >= 4 is 34.8 Å². The van der Waals surface area contributed by atoms with Crippen molar-refractivity contribution in [2.75, 3.05) is 34.3 Å². The summed E-state index contributed by atoms with van der Waals surface area (Å²) in [5.74, 6) is 1.23. The minimum atomic E-state index is 0.339. The van der Waals surface area contributed by atoms with Crippen molar-refractivity contribution in [3.05, 3.63) is 56.5 Å². The number of halogens is 3. The average molecular weight is 432 g/mol. The van der Waals surface area contributed by atoms with Gasteiger partial charge >= 0.3 is 0 Å². The number of ether oxygens (including phenoxy) is 2. The van der Waals surface area contributed by atoms with Gasteiger partial charge < -0.3 is 19.7 Å². The Hall–Kier alpha value is -1.17. The third-order valence-electron chi connectivity index (χ3n) is 3.99. The minimum absolute atomic E-state index is 0.339. The minimum Gasteiger partial charge on any atom is -0.493 e. The molecule has 0 atom stereocenters. The molecule has 0 aliphatic carbocycles. The molecule has 0 saturated heterocycles. The summed E-state index contributed by atoms with van der Waals surface area (Å²) in [6, 6.07) is 9.09. The number of hydrogen-bond donors (Lipinski definition) is 1. The molecule has 0 aliphatic rings. The molecule has 0 unspecified atom stereocenters.